The smallest absolute Gasteiger partial charge is 0.339 e. The first kappa shape index (κ1) is 17.7. The number of likely N-dealkylation sites (tertiary alicyclic amines) is 1. The van der Waals surface area contributed by atoms with Crippen molar-refractivity contribution in [2.24, 2.45) is 11.3 Å². The summed E-state index contributed by atoms with van der Waals surface area (Å²) in [6.45, 7) is 7.20. The van der Waals surface area contributed by atoms with Gasteiger partial charge >= 0.3 is 6.18 Å². The Morgan fingerprint density at radius 3 is 2.26 bits per heavy atom. The molecule has 3 nitrogen and oxygen atoms in total. The minimum atomic E-state index is -4.92. The minimum absolute atomic E-state index is 0.112. The van der Waals surface area contributed by atoms with Gasteiger partial charge in [0.05, 0.1) is 5.56 Å². The third-order valence-corrected chi connectivity index (χ3v) is 4.40. The third kappa shape index (κ3) is 3.82. The average molecular weight is 332 g/mol. The van der Waals surface area contributed by atoms with Gasteiger partial charge in [0.15, 0.2) is 11.5 Å². The maximum Gasteiger partial charge on any atom is 0.436 e. The highest BCUT2D eigenvalue weighted by Crippen LogP contribution is 2.35. The van der Waals surface area contributed by atoms with Crippen LogP contribution >= 0.6 is 0 Å². The van der Waals surface area contributed by atoms with Crippen LogP contribution in [0.3, 0.4) is 0 Å². The van der Waals surface area contributed by atoms with Crippen LogP contribution < -0.4 is 0 Å². The third-order valence-electron chi connectivity index (χ3n) is 4.40. The van der Waals surface area contributed by atoms with Gasteiger partial charge < -0.3 is 4.90 Å². The van der Waals surface area contributed by atoms with Crippen LogP contribution in [-0.4, -0.2) is 28.9 Å². The molecule has 0 unspecified atom stereocenters. The number of halogens is 4. The fraction of sp³-hybridized carbons (Fsp3) is 0.625. The van der Waals surface area contributed by atoms with E-state index in [1.165, 1.54) is 4.90 Å². The summed E-state index contributed by atoms with van der Waals surface area (Å²) in [5.74, 6) is -1.87. The van der Waals surface area contributed by atoms with E-state index >= 15 is 0 Å². The lowest BCUT2D eigenvalue weighted by Gasteiger charge is -2.38. The number of alkyl halides is 3. The molecular weight excluding hydrogens is 312 g/mol. The van der Waals surface area contributed by atoms with E-state index in [1.54, 1.807) is 0 Å². The van der Waals surface area contributed by atoms with Gasteiger partial charge in [-0.2, -0.15) is 13.2 Å². The lowest BCUT2D eigenvalue weighted by atomic mass is 9.75. The zero-order chi connectivity index (χ0) is 17.4. The summed E-state index contributed by atoms with van der Waals surface area (Å²) in [4.78, 5) is 16.8. The molecule has 7 heteroatoms. The van der Waals surface area contributed by atoms with E-state index in [4.69, 9.17) is 0 Å². The molecule has 1 aliphatic heterocycles. The summed E-state index contributed by atoms with van der Waals surface area (Å²) in [5, 5.41) is 0. The van der Waals surface area contributed by atoms with Crippen molar-refractivity contribution in [1.82, 2.24) is 9.88 Å². The van der Waals surface area contributed by atoms with Crippen molar-refractivity contribution in [3.05, 3.63) is 29.3 Å². The summed E-state index contributed by atoms with van der Waals surface area (Å²) in [6.07, 6.45) is -2.58. The van der Waals surface area contributed by atoms with Crippen molar-refractivity contribution in [3.63, 3.8) is 0 Å². The van der Waals surface area contributed by atoms with Crippen molar-refractivity contribution < 1.29 is 22.4 Å². The topological polar surface area (TPSA) is 33.2 Å². The van der Waals surface area contributed by atoms with Crippen molar-refractivity contribution in [2.45, 2.75) is 39.8 Å². The second kappa shape index (κ2) is 6.09. The largest absolute Gasteiger partial charge is 0.436 e. The fourth-order valence-corrected chi connectivity index (χ4v) is 2.93. The molecule has 1 amide bonds. The number of piperidine rings is 1. The molecule has 0 radical (unpaired) electrons. The lowest BCUT2D eigenvalue weighted by molar-refractivity contribution is -0.143. The Labute approximate surface area is 132 Å². The van der Waals surface area contributed by atoms with Crippen LogP contribution in [0.25, 0.3) is 0 Å². The standard InChI is InChI=1S/C16H20F4N2O/c1-15(2,3)10-5-8-22(9-6-10)14(23)11-4-7-21-13(12(11)17)16(18,19)20/h4,7,10H,5-6,8-9H2,1-3H3. The first-order chi connectivity index (χ1) is 10.5. The number of rotatable bonds is 1. The van der Waals surface area contributed by atoms with Gasteiger partial charge in [-0.15, -0.1) is 0 Å². The maximum absolute atomic E-state index is 14.0. The van der Waals surface area contributed by atoms with Gasteiger partial charge in [0, 0.05) is 19.3 Å². The molecule has 0 atom stereocenters. The molecule has 0 bridgehead atoms. The summed E-state index contributed by atoms with van der Waals surface area (Å²) in [5.41, 5.74) is -2.10. The van der Waals surface area contributed by atoms with Gasteiger partial charge in [0.1, 0.15) is 0 Å². The quantitative estimate of drug-likeness (QED) is 0.724. The van der Waals surface area contributed by atoms with Gasteiger partial charge in [-0.05, 0) is 30.2 Å². The Morgan fingerprint density at radius 1 is 1.22 bits per heavy atom. The molecule has 2 rings (SSSR count). The summed E-state index contributed by atoms with van der Waals surface area (Å²) >= 11 is 0. The van der Waals surface area contributed by atoms with Crippen molar-refractivity contribution in [3.8, 4) is 0 Å². The van der Waals surface area contributed by atoms with Crippen LogP contribution in [0.15, 0.2) is 12.3 Å². The highest BCUT2D eigenvalue weighted by molar-refractivity contribution is 5.94. The van der Waals surface area contributed by atoms with Crippen molar-refractivity contribution in [1.29, 1.82) is 0 Å². The number of amides is 1. The molecule has 1 saturated heterocycles. The van der Waals surface area contributed by atoms with E-state index in [0.717, 1.165) is 25.1 Å². The van der Waals surface area contributed by atoms with Crippen LogP contribution in [-0.2, 0) is 6.18 Å². The van der Waals surface area contributed by atoms with Crippen molar-refractivity contribution in [2.75, 3.05) is 13.1 Å². The Kier molecular flexibility index (Phi) is 4.69. The van der Waals surface area contributed by atoms with E-state index in [2.05, 4.69) is 25.8 Å². The summed E-state index contributed by atoms with van der Waals surface area (Å²) < 4.78 is 52.1. The number of aromatic nitrogens is 1. The first-order valence-corrected chi connectivity index (χ1v) is 7.53. The second-order valence-corrected chi connectivity index (χ2v) is 6.95. The zero-order valence-corrected chi connectivity index (χ0v) is 13.4. The normalized spacial score (nSPS) is 17.4. The van der Waals surface area contributed by atoms with Gasteiger partial charge in [-0.25, -0.2) is 9.37 Å². The number of hydrogen-bond donors (Lipinski definition) is 0. The SMILES string of the molecule is CC(C)(C)C1CCN(C(=O)c2ccnc(C(F)(F)F)c2F)CC1. The Hall–Kier alpha value is -1.66. The average Bonchev–Trinajstić information content (AvgIpc) is 2.45. The fourth-order valence-electron chi connectivity index (χ4n) is 2.93. The predicted molar refractivity (Wildman–Crippen MR) is 77.3 cm³/mol. The van der Waals surface area contributed by atoms with Gasteiger partial charge in [0.2, 0.25) is 0 Å². The van der Waals surface area contributed by atoms with E-state index in [0.29, 0.717) is 19.0 Å². The Balaban J connectivity index is 2.17. The molecule has 1 aromatic heterocycles. The van der Waals surface area contributed by atoms with Gasteiger partial charge in [-0.3, -0.25) is 4.79 Å². The van der Waals surface area contributed by atoms with Crippen LogP contribution in [0.4, 0.5) is 17.6 Å². The molecule has 0 N–H and O–H groups in total. The molecule has 128 valence electrons. The molecule has 0 aromatic carbocycles. The number of carbonyl (C=O) groups is 1. The second-order valence-electron chi connectivity index (χ2n) is 6.95. The van der Waals surface area contributed by atoms with Crippen molar-refractivity contribution >= 4 is 5.91 Å². The first-order valence-electron chi connectivity index (χ1n) is 7.53. The van der Waals surface area contributed by atoms with Crippen LogP contribution in [0.5, 0.6) is 0 Å². The predicted octanol–water partition coefficient (Wildman–Crippen LogP) is 4.14. The summed E-state index contributed by atoms with van der Waals surface area (Å²) in [7, 11) is 0. The number of pyridine rings is 1. The van der Waals surface area contributed by atoms with Crippen LogP contribution in [0.2, 0.25) is 0 Å². The summed E-state index contributed by atoms with van der Waals surface area (Å²) in [6, 6.07) is 1.00. The van der Waals surface area contributed by atoms with Crippen LogP contribution in [0.1, 0.15) is 49.7 Å². The number of hydrogen-bond acceptors (Lipinski definition) is 2. The molecule has 0 aliphatic carbocycles. The molecule has 1 aromatic rings. The Morgan fingerprint density at radius 2 is 1.78 bits per heavy atom. The molecule has 1 fully saturated rings. The van der Waals surface area contributed by atoms with E-state index in [9.17, 15) is 22.4 Å². The molecule has 1 aliphatic rings. The number of nitrogens with zero attached hydrogens (tertiary/aromatic N) is 2. The zero-order valence-electron chi connectivity index (χ0n) is 13.4. The maximum atomic E-state index is 14.0. The molecule has 0 saturated carbocycles. The van der Waals surface area contributed by atoms with Gasteiger partial charge in [-0.1, -0.05) is 20.8 Å². The lowest BCUT2D eigenvalue weighted by Crippen LogP contribution is -2.41. The molecule has 0 spiro atoms. The van der Waals surface area contributed by atoms with E-state index in [1.807, 2.05) is 0 Å². The van der Waals surface area contributed by atoms with Crippen LogP contribution in [0, 0.1) is 17.2 Å². The molecular formula is C16H20F4N2O. The molecule has 23 heavy (non-hydrogen) atoms. The van der Waals surface area contributed by atoms with Gasteiger partial charge in [0.25, 0.3) is 5.91 Å². The minimum Gasteiger partial charge on any atom is -0.339 e. The van der Waals surface area contributed by atoms with E-state index in [-0.39, 0.29) is 5.41 Å². The van der Waals surface area contributed by atoms with E-state index < -0.39 is 29.2 Å². The highest BCUT2D eigenvalue weighted by Gasteiger charge is 2.39. The Bertz CT molecular complexity index is 585. The monoisotopic (exact) mass is 332 g/mol. The molecule has 2 heterocycles. The highest BCUT2D eigenvalue weighted by atomic mass is 19.4. The number of carbonyl (C=O) groups excluding carboxylic acids is 1.